The number of rotatable bonds is 5. The highest BCUT2D eigenvalue weighted by Crippen LogP contribution is 2.24. The van der Waals surface area contributed by atoms with Gasteiger partial charge >= 0.3 is 0 Å². The van der Waals surface area contributed by atoms with E-state index in [-0.39, 0.29) is 17.8 Å². The Kier molecular flexibility index (Phi) is 5.64. The Morgan fingerprint density at radius 1 is 1.36 bits per heavy atom. The van der Waals surface area contributed by atoms with Crippen molar-refractivity contribution in [2.24, 2.45) is 0 Å². The number of anilines is 1. The van der Waals surface area contributed by atoms with Gasteiger partial charge in [-0.1, -0.05) is 12.1 Å². The van der Waals surface area contributed by atoms with E-state index < -0.39 is 0 Å². The molecular formula is C20H24FN3O. The van der Waals surface area contributed by atoms with Crippen molar-refractivity contribution in [2.75, 3.05) is 18.0 Å². The molecule has 1 amide bonds. The molecule has 1 aromatic carbocycles. The van der Waals surface area contributed by atoms with E-state index in [1.165, 1.54) is 6.07 Å². The van der Waals surface area contributed by atoms with E-state index in [1.54, 1.807) is 12.3 Å². The van der Waals surface area contributed by atoms with Crippen LogP contribution in [0.25, 0.3) is 0 Å². The van der Waals surface area contributed by atoms with Crippen molar-refractivity contribution in [1.29, 1.82) is 0 Å². The van der Waals surface area contributed by atoms with Gasteiger partial charge in [0.15, 0.2) is 0 Å². The number of nitrogens with one attached hydrogen (secondary N) is 1. The van der Waals surface area contributed by atoms with Crippen molar-refractivity contribution < 1.29 is 9.18 Å². The number of hydrogen-bond donors (Lipinski definition) is 1. The lowest BCUT2D eigenvalue weighted by Gasteiger charge is -2.35. The van der Waals surface area contributed by atoms with Gasteiger partial charge in [0.2, 0.25) is 5.91 Å². The second-order valence-corrected chi connectivity index (χ2v) is 6.63. The van der Waals surface area contributed by atoms with Crippen LogP contribution in [-0.4, -0.2) is 30.0 Å². The number of carbonyl (C=O) groups is 1. The molecule has 1 saturated heterocycles. The van der Waals surface area contributed by atoms with Crippen LogP contribution in [0.1, 0.15) is 30.5 Å². The number of aryl methyl sites for hydroxylation is 2. The van der Waals surface area contributed by atoms with Crippen molar-refractivity contribution in [3.63, 3.8) is 0 Å². The average Bonchev–Trinajstić information content (AvgIpc) is 2.63. The summed E-state index contributed by atoms with van der Waals surface area (Å²) in [4.78, 5) is 18.5. The SMILES string of the molecule is Cc1ccc(F)c(N2CCC[C@H](NC(=O)CCc3ccccn3)C2)c1. The number of aromatic nitrogens is 1. The molecule has 3 rings (SSSR count). The maximum Gasteiger partial charge on any atom is 0.220 e. The molecule has 0 spiro atoms. The number of piperidine rings is 1. The molecule has 0 unspecified atom stereocenters. The second kappa shape index (κ2) is 8.10. The van der Waals surface area contributed by atoms with Gasteiger partial charge in [-0.25, -0.2) is 4.39 Å². The van der Waals surface area contributed by atoms with Crippen molar-refractivity contribution in [3.05, 3.63) is 59.7 Å². The molecule has 25 heavy (non-hydrogen) atoms. The Balaban J connectivity index is 1.54. The quantitative estimate of drug-likeness (QED) is 0.908. The van der Waals surface area contributed by atoms with Gasteiger partial charge in [-0.3, -0.25) is 9.78 Å². The Labute approximate surface area is 148 Å². The number of nitrogens with zero attached hydrogens (tertiary/aromatic N) is 2. The summed E-state index contributed by atoms with van der Waals surface area (Å²) in [5, 5.41) is 3.09. The zero-order valence-corrected chi connectivity index (χ0v) is 14.5. The van der Waals surface area contributed by atoms with Crippen LogP contribution in [0.5, 0.6) is 0 Å². The molecule has 4 nitrogen and oxygen atoms in total. The lowest BCUT2D eigenvalue weighted by atomic mass is 10.0. The molecule has 0 radical (unpaired) electrons. The predicted octanol–water partition coefficient (Wildman–Crippen LogP) is 3.25. The van der Waals surface area contributed by atoms with E-state index in [2.05, 4.69) is 10.3 Å². The van der Waals surface area contributed by atoms with Crippen LogP contribution in [0.3, 0.4) is 0 Å². The van der Waals surface area contributed by atoms with Crippen LogP contribution in [0, 0.1) is 12.7 Å². The van der Waals surface area contributed by atoms with Gasteiger partial charge < -0.3 is 10.2 Å². The fourth-order valence-electron chi connectivity index (χ4n) is 3.27. The fourth-order valence-corrected chi connectivity index (χ4v) is 3.27. The second-order valence-electron chi connectivity index (χ2n) is 6.63. The van der Waals surface area contributed by atoms with E-state index in [9.17, 15) is 9.18 Å². The first-order chi connectivity index (χ1) is 12.1. The maximum atomic E-state index is 14.1. The Bertz CT molecular complexity index is 720. The van der Waals surface area contributed by atoms with Gasteiger partial charge in [-0.2, -0.15) is 0 Å². The number of carbonyl (C=O) groups excluding carboxylic acids is 1. The van der Waals surface area contributed by atoms with E-state index in [1.807, 2.05) is 36.1 Å². The van der Waals surface area contributed by atoms with Crippen LogP contribution >= 0.6 is 0 Å². The maximum absolute atomic E-state index is 14.1. The van der Waals surface area contributed by atoms with Crippen LogP contribution < -0.4 is 10.2 Å². The molecule has 0 bridgehead atoms. The Morgan fingerprint density at radius 2 is 2.24 bits per heavy atom. The van der Waals surface area contributed by atoms with E-state index in [4.69, 9.17) is 0 Å². The van der Waals surface area contributed by atoms with Gasteiger partial charge in [0.1, 0.15) is 5.82 Å². The van der Waals surface area contributed by atoms with Gasteiger partial charge in [-0.15, -0.1) is 0 Å². The third-order valence-corrected chi connectivity index (χ3v) is 4.56. The molecule has 1 aromatic heterocycles. The highest BCUT2D eigenvalue weighted by atomic mass is 19.1. The molecule has 1 aliphatic rings. The largest absolute Gasteiger partial charge is 0.367 e. The Hall–Kier alpha value is -2.43. The number of hydrogen-bond acceptors (Lipinski definition) is 3. The predicted molar refractivity (Wildman–Crippen MR) is 97.1 cm³/mol. The van der Waals surface area contributed by atoms with Gasteiger partial charge in [-0.05, 0) is 56.0 Å². The first-order valence-corrected chi connectivity index (χ1v) is 8.82. The summed E-state index contributed by atoms with van der Waals surface area (Å²) in [5.41, 5.74) is 2.59. The first kappa shape index (κ1) is 17.4. The van der Waals surface area contributed by atoms with E-state index in [0.717, 1.165) is 30.6 Å². The zero-order valence-electron chi connectivity index (χ0n) is 14.5. The highest BCUT2D eigenvalue weighted by molar-refractivity contribution is 5.76. The molecule has 1 aliphatic heterocycles. The molecule has 132 valence electrons. The number of pyridine rings is 1. The number of benzene rings is 1. The molecule has 1 fully saturated rings. The van der Waals surface area contributed by atoms with Gasteiger partial charge in [0.05, 0.1) is 5.69 Å². The molecule has 2 heterocycles. The summed E-state index contributed by atoms with van der Waals surface area (Å²) in [5.74, 6) is -0.171. The minimum Gasteiger partial charge on any atom is -0.367 e. The lowest BCUT2D eigenvalue weighted by molar-refractivity contribution is -0.121. The van der Waals surface area contributed by atoms with E-state index in [0.29, 0.717) is 25.1 Å². The van der Waals surface area contributed by atoms with Crippen molar-refractivity contribution in [2.45, 2.75) is 38.6 Å². The minimum atomic E-state index is -0.201. The average molecular weight is 341 g/mol. The molecule has 1 N–H and O–H groups in total. The molecular weight excluding hydrogens is 317 g/mol. The molecule has 0 aliphatic carbocycles. The molecule has 5 heteroatoms. The number of halogens is 1. The van der Waals surface area contributed by atoms with Crippen LogP contribution in [0.4, 0.5) is 10.1 Å². The van der Waals surface area contributed by atoms with Crippen molar-refractivity contribution in [1.82, 2.24) is 10.3 Å². The van der Waals surface area contributed by atoms with Crippen LogP contribution in [0.15, 0.2) is 42.6 Å². The van der Waals surface area contributed by atoms with Crippen molar-refractivity contribution >= 4 is 11.6 Å². The monoisotopic (exact) mass is 341 g/mol. The summed E-state index contributed by atoms with van der Waals surface area (Å²) in [6.07, 6.45) is 4.67. The summed E-state index contributed by atoms with van der Waals surface area (Å²) in [6, 6.07) is 10.9. The molecule has 0 saturated carbocycles. The van der Waals surface area contributed by atoms with Crippen molar-refractivity contribution in [3.8, 4) is 0 Å². The molecule has 2 aromatic rings. The summed E-state index contributed by atoms with van der Waals surface area (Å²) < 4.78 is 14.1. The summed E-state index contributed by atoms with van der Waals surface area (Å²) >= 11 is 0. The molecule has 1 atom stereocenters. The summed E-state index contributed by atoms with van der Waals surface area (Å²) in [6.45, 7) is 3.43. The Morgan fingerprint density at radius 3 is 3.04 bits per heavy atom. The smallest absolute Gasteiger partial charge is 0.220 e. The third-order valence-electron chi connectivity index (χ3n) is 4.56. The summed E-state index contributed by atoms with van der Waals surface area (Å²) in [7, 11) is 0. The zero-order chi connectivity index (χ0) is 17.6. The minimum absolute atomic E-state index is 0.0298. The third kappa shape index (κ3) is 4.78. The van der Waals surface area contributed by atoms with Crippen LogP contribution in [0.2, 0.25) is 0 Å². The van der Waals surface area contributed by atoms with Crippen LogP contribution in [-0.2, 0) is 11.2 Å². The highest BCUT2D eigenvalue weighted by Gasteiger charge is 2.23. The van der Waals surface area contributed by atoms with Gasteiger partial charge in [0, 0.05) is 37.4 Å². The van der Waals surface area contributed by atoms with E-state index >= 15 is 0 Å². The topological polar surface area (TPSA) is 45.2 Å². The lowest BCUT2D eigenvalue weighted by Crippen LogP contribution is -2.48. The fraction of sp³-hybridized carbons (Fsp3) is 0.400. The normalized spacial score (nSPS) is 17.4. The first-order valence-electron chi connectivity index (χ1n) is 8.82. The standard InChI is InChI=1S/C20H24FN3O/c1-15-7-9-18(21)19(13-15)24-12-4-6-17(14-24)23-20(25)10-8-16-5-2-3-11-22-16/h2-3,5,7,9,11,13,17H,4,6,8,10,12,14H2,1H3,(H,23,25)/t17-/m0/s1. The van der Waals surface area contributed by atoms with Gasteiger partial charge in [0.25, 0.3) is 0 Å². The number of amides is 1.